The van der Waals surface area contributed by atoms with Gasteiger partial charge in [0.2, 0.25) is 11.8 Å². The summed E-state index contributed by atoms with van der Waals surface area (Å²) in [5.74, 6) is -2.18. The van der Waals surface area contributed by atoms with Gasteiger partial charge in [0, 0.05) is 11.3 Å². The van der Waals surface area contributed by atoms with E-state index in [1.807, 2.05) is 0 Å². The number of rotatable bonds is 4. The summed E-state index contributed by atoms with van der Waals surface area (Å²) in [4.78, 5) is 48.6. The second-order valence-corrected chi connectivity index (χ2v) is 5.24. The number of nitrogens with one attached hydrogen (secondary N) is 1. The first kappa shape index (κ1) is 15.4. The first-order valence-electron chi connectivity index (χ1n) is 7.12. The predicted molar refractivity (Wildman–Crippen MR) is 85.4 cm³/mol. The van der Waals surface area contributed by atoms with Crippen LogP contribution < -0.4 is 11.1 Å². The number of hydrogen-bond acceptors (Lipinski definition) is 4. The topological polar surface area (TPSA) is 110 Å². The van der Waals surface area contributed by atoms with E-state index in [9.17, 15) is 19.2 Å². The summed E-state index contributed by atoms with van der Waals surface area (Å²) in [6.45, 7) is -0.410. The summed E-state index contributed by atoms with van der Waals surface area (Å²) in [6, 6.07) is 12.5. The van der Waals surface area contributed by atoms with Gasteiger partial charge in [-0.25, -0.2) is 0 Å². The second-order valence-electron chi connectivity index (χ2n) is 5.24. The van der Waals surface area contributed by atoms with E-state index in [1.165, 1.54) is 12.1 Å². The molecule has 0 bridgehead atoms. The number of carbonyl (C=O) groups excluding carboxylic acids is 4. The highest BCUT2D eigenvalue weighted by Crippen LogP contribution is 2.22. The lowest BCUT2D eigenvalue weighted by atomic mass is 10.1. The van der Waals surface area contributed by atoms with Gasteiger partial charge in [-0.05, 0) is 30.3 Å². The van der Waals surface area contributed by atoms with Crippen molar-refractivity contribution in [2.75, 3.05) is 11.9 Å². The van der Waals surface area contributed by atoms with Gasteiger partial charge in [0.15, 0.2) is 0 Å². The van der Waals surface area contributed by atoms with Crippen molar-refractivity contribution in [1.29, 1.82) is 0 Å². The van der Waals surface area contributed by atoms with E-state index in [4.69, 9.17) is 5.73 Å². The lowest BCUT2D eigenvalue weighted by Gasteiger charge is -2.13. The van der Waals surface area contributed by atoms with Crippen molar-refractivity contribution in [3.05, 3.63) is 65.2 Å². The highest BCUT2D eigenvalue weighted by molar-refractivity contribution is 6.22. The molecule has 7 nitrogen and oxygen atoms in total. The zero-order chi connectivity index (χ0) is 17.3. The van der Waals surface area contributed by atoms with Crippen LogP contribution >= 0.6 is 0 Å². The molecule has 0 fully saturated rings. The Morgan fingerprint density at radius 1 is 0.958 bits per heavy atom. The largest absolute Gasteiger partial charge is 0.366 e. The van der Waals surface area contributed by atoms with Gasteiger partial charge in [-0.3, -0.25) is 24.1 Å². The summed E-state index contributed by atoms with van der Waals surface area (Å²) >= 11 is 0. The second kappa shape index (κ2) is 5.96. The molecular weight excluding hydrogens is 310 g/mol. The average Bonchev–Trinajstić information content (AvgIpc) is 2.80. The van der Waals surface area contributed by atoms with Gasteiger partial charge in [0.05, 0.1) is 11.1 Å². The number of anilines is 1. The van der Waals surface area contributed by atoms with E-state index in [0.29, 0.717) is 5.69 Å². The fourth-order valence-electron chi connectivity index (χ4n) is 2.48. The number of imide groups is 1. The number of benzene rings is 2. The Kier molecular flexibility index (Phi) is 3.83. The zero-order valence-corrected chi connectivity index (χ0v) is 12.5. The minimum atomic E-state index is -0.619. The molecule has 1 aliphatic rings. The number of fused-ring (bicyclic) bond motifs is 1. The Hall–Kier alpha value is -3.48. The first-order chi connectivity index (χ1) is 11.5. The van der Waals surface area contributed by atoms with E-state index < -0.39 is 30.2 Å². The van der Waals surface area contributed by atoms with Crippen LogP contribution in [-0.2, 0) is 4.79 Å². The molecule has 0 saturated heterocycles. The molecule has 0 spiro atoms. The Labute approximate surface area is 137 Å². The molecule has 4 amide bonds. The maximum Gasteiger partial charge on any atom is 0.262 e. The fourth-order valence-corrected chi connectivity index (χ4v) is 2.48. The van der Waals surface area contributed by atoms with Crippen LogP contribution in [0.3, 0.4) is 0 Å². The van der Waals surface area contributed by atoms with Gasteiger partial charge < -0.3 is 11.1 Å². The van der Waals surface area contributed by atoms with Crippen molar-refractivity contribution in [3.8, 4) is 0 Å². The molecule has 0 aliphatic carbocycles. The smallest absolute Gasteiger partial charge is 0.262 e. The van der Waals surface area contributed by atoms with E-state index >= 15 is 0 Å². The molecule has 0 atom stereocenters. The van der Waals surface area contributed by atoms with Crippen LogP contribution in [0.4, 0.5) is 5.69 Å². The third kappa shape index (κ3) is 2.74. The third-order valence-corrected chi connectivity index (χ3v) is 3.61. The number of hydrogen-bond donors (Lipinski definition) is 2. The molecule has 2 aromatic rings. The SMILES string of the molecule is NC(=O)c1cccc(NC(=O)CN2C(=O)c3ccccc3C2=O)c1. The fraction of sp³-hybridized carbons (Fsp3) is 0.0588. The molecule has 2 aromatic carbocycles. The quantitative estimate of drug-likeness (QED) is 0.819. The third-order valence-electron chi connectivity index (χ3n) is 3.61. The Bertz CT molecular complexity index is 841. The monoisotopic (exact) mass is 323 g/mol. The maximum absolute atomic E-state index is 12.2. The van der Waals surface area contributed by atoms with E-state index in [1.54, 1.807) is 36.4 Å². The van der Waals surface area contributed by atoms with Crippen LogP contribution in [-0.4, -0.2) is 35.1 Å². The number of nitrogens with zero attached hydrogens (tertiary/aromatic N) is 1. The molecule has 0 radical (unpaired) electrons. The average molecular weight is 323 g/mol. The summed E-state index contributed by atoms with van der Waals surface area (Å²) in [5.41, 5.74) is 6.35. The van der Waals surface area contributed by atoms with Crippen molar-refractivity contribution in [3.63, 3.8) is 0 Å². The van der Waals surface area contributed by atoms with Gasteiger partial charge in [-0.15, -0.1) is 0 Å². The van der Waals surface area contributed by atoms with Gasteiger partial charge in [-0.2, -0.15) is 0 Å². The first-order valence-corrected chi connectivity index (χ1v) is 7.12. The molecule has 24 heavy (non-hydrogen) atoms. The summed E-state index contributed by atoms with van der Waals surface area (Å²) < 4.78 is 0. The Morgan fingerprint density at radius 2 is 1.58 bits per heavy atom. The molecular formula is C17H13N3O4. The van der Waals surface area contributed by atoms with Gasteiger partial charge in [0.1, 0.15) is 6.54 Å². The van der Waals surface area contributed by atoms with Crippen LogP contribution in [0, 0.1) is 0 Å². The summed E-state index contributed by atoms with van der Waals surface area (Å²) in [5, 5.41) is 2.54. The van der Waals surface area contributed by atoms with Crippen molar-refractivity contribution in [2.45, 2.75) is 0 Å². The van der Waals surface area contributed by atoms with Crippen LogP contribution in [0.2, 0.25) is 0 Å². The van der Waals surface area contributed by atoms with Crippen molar-refractivity contribution >= 4 is 29.3 Å². The minimum absolute atomic E-state index is 0.244. The molecule has 0 unspecified atom stereocenters. The number of carbonyl (C=O) groups is 4. The lowest BCUT2D eigenvalue weighted by Crippen LogP contribution is -2.37. The van der Waals surface area contributed by atoms with Crippen LogP contribution in [0.5, 0.6) is 0 Å². The minimum Gasteiger partial charge on any atom is -0.366 e. The molecule has 1 aliphatic heterocycles. The lowest BCUT2D eigenvalue weighted by molar-refractivity contribution is -0.116. The zero-order valence-electron chi connectivity index (χ0n) is 12.5. The molecule has 7 heteroatoms. The molecule has 0 saturated carbocycles. The van der Waals surface area contributed by atoms with E-state index in [-0.39, 0.29) is 16.7 Å². The van der Waals surface area contributed by atoms with Gasteiger partial charge >= 0.3 is 0 Å². The molecule has 3 rings (SSSR count). The molecule has 1 heterocycles. The number of primary amides is 1. The highest BCUT2D eigenvalue weighted by Gasteiger charge is 2.36. The predicted octanol–water partition coefficient (Wildman–Crippen LogP) is 1.02. The van der Waals surface area contributed by atoms with Gasteiger partial charge in [-0.1, -0.05) is 18.2 Å². The number of amides is 4. The van der Waals surface area contributed by atoms with E-state index in [0.717, 1.165) is 4.90 Å². The van der Waals surface area contributed by atoms with Crippen molar-refractivity contribution in [1.82, 2.24) is 4.90 Å². The molecule has 0 aromatic heterocycles. The van der Waals surface area contributed by atoms with Crippen molar-refractivity contribution < 1.29 is 19.2 Å². The summed E-state index contributed by atoms with van der Waals surface area (Å²) in [6.07, 6.45) is 0. The van der Waals surface area contributed by atoms with Crippen LogP contribution in [0.1, 0.15) is 31.1 Å². The molecule has 3 N–H and O–H groups in total. The van der Waals surface area contributed by atoms with Crippen molar-refractivity contribution in [2.24, 2.45) is 5.73 Å². The molecule has 120 valence electrons. The summed E-state index contributed by atoms with van der Waals surface area (Å²) in [7, 11) is 0. The van der Waals surface area contributed by atoms with E-state index in [2.05, 4.69) is 5.32 Å². The number of nitrogens with two attached hydrogens (primary N) is 1. The Morgan fingerprint density at radius 3 is 2.17 bits per heavy atom. The normalized spacial score (nSPS) is 12.9. The maximum atomic E-state index is 12.2. The highest BCUT2D eigenvalue weighted by atomic mass is 16.2. The van der Waals surface area contributed by atoms with Crippen LogP contribution in [0.15, 0.2) is 48.5 Å². The van der Waals surface area contributed by atoms with Crippen LogP contribution in [0.25, 0.3) is 0 Å². The standard InChI is InChI=1S/C17H13N3O4/c18-15(22)10-4-3-5-11(8-10)19-14(21)9-20-16(23)12-6-1-2-7-13(12)17(20)24/h1-8H,9H2,(H2,18,22)(H,19,21). The van der Waals surface area contributed by atoms with Gasteiger partial charge in [0.25, 0.3) is 11.8 Å². The Balaban J connectivity index is 1.72.